The first kappa shape index (κ1) is 21.2. The number of nitrogens with zero attached hydrogens (tertiary/aromatic N) is 3. The van der Waals surface area contributed by atoms with Gasteiger partial charge in [0.05, 0.1) is 19.6 Å². The standard InChI is InChI=1S/C20H29N3O4/c1-17-2-4-18(5-3-17)14-19-15-22(10-12-24)7-6-21(16-20(26)27)8-9-23(19)11-13-25/h2-5,12-13,19H,6-11,14-16H2,1H3,(H,26,27). The second kappa shape index (κ2) is 10.9. The minimum atomic E-state index is -0.866. The number of carboxylic acids is 1. The first-order valence-corrected chi connectivity index (χ1v) is 9.35. The molecule has 2 rings (SSSR count). The van der Waals surface area contributed by atoms with Crippen molar-refractivity contribution in [1.82, 2.24) is 14.7 Å². The lowest BCUT2D eigenvalue weighted by Crippen LogP contribution is -2.47. The summed E-state index contributed by atoms with van der Waals surface area (Å²) in [5.41, 5.74) is 2.39. The zero-order valence-electron chi connectivity index (χ0n) is 15.9. The summed E-state index contributed by atoms with van der Waals surface area (Å²) < 4.78 is 0. The third-order valence-corrected chi connectivity index (χ3v) is 5.01. The molecular formula is C20H29N3O4. The maximum absolute atomic E-state index is 11.2. The number of carbonyl (C=O) groups is 3. The van der Waals surface area contributed by atoms with Crippen molar-refractivity contribution in [2.45, 2.75) is 19.4 Å². The average Bonchev–Trinajstić information content (AvgIpc) is 2.69. The molecule has 1 aliphatic heterocycles. The monoisotopic (exact) mass is 375 g/mol. The Morgan fingerprint density at radius 2 is 1.67 bits per heavy atom. The van der Waals surface area contributed by atoms with E-state index >= 15 is 0 Å². The molecule has 0 radical (unpaired) electrons. The van der Waals surface area contributed by atoms with E-state index in [1.165, 1.54) is 11.1 Å². The van der Waals surface area contributed by atoms with Gasteiger partial charge in [-0.25, -0.2) is 0 Å². The number of carboxylic acid groups (broad SMARTS) is 1. The van der Waals surface area contributed by atoms with Crippen molar-refractivity contribution in [3.63, 3.8) is 0 Å². The Morgan fingerprint density at radius 1 is 1.04 bits per heavy atom. The van der Waals surface area contributed by atoms with E-state index in [4.69, 9.17) is 5.11 Å². The number of benzene rings is 1. The molecule has 1 N–H and O–H groups in total. The highest BCUT2D eigenvalue weighted by molar-refractivity contribution is 5.69. The molecule has 0 amide bonds. The molecular weight excluding hydrogens is 346 g/mol. The van der Waals surface area contributed by atoms with Crippen molar-refractivity contribution in [2.24, 2.45) is 0 Å². The highest BCUT2D eigenvalue weighted by Crippen LogP contribution is 2.13. The lowest BCUT2D eigenvalue weighted by Gasteiger charge is -2.33. The minimum Gasteiger partial charge on any atom is -0.480 e. The Labute approximate surface area is 160 Å². The fraction of sp³-hybridized carbons (Fsp3) is 0.550. The summed E-state index contributed by atoms with van der Waals surface area (Å²) in [5.74, 6) is -0.866. The average molecular weight is 375 g/mol. The van der Waals surface area contributed by atoms with Crippen LogP contribution >= 0.6 is 0 Å². The lowest BCUT2D eigenvalue weighted by atomic mass is 10.0. The molecule has 1 aliphatic rings. The van der Waals surface area contributed by atoms with Gasteiger partial charge in [0.25, 0.3) is 0 Å². The van der Waals surface area contributed by atoms with Gasteiger partial charge in [0.15, 0.2) is 0 Å². The molecule has 0 aromatic heterocycles. The van der Waals surface area contributed by atoms with Crippen LogP contribution in [0.15, 0.2) is 24.3 Å². The van der Waals surface area contributed by atoms with Gasteiger partial charge in [-0.2, -0.15) is 0 Å². The summed E-state index contributed by atoms with van der Waals surface area (Å²) in [4.78, 5) is 39.5. The predicted molar refractivity (Wildman–Crippen MR) is 103 cm³/mol. The summed E-state index contributed by atoms with van der Waals surface area (Å²) in [5, 5.41) is 9.12. The molecule has 0 spiro atoms. The molecule has 0 saturated carbocycles. The predicted octanol–water partition coefficient (Wildman–Crippen LogP) is 0.308. The van der Waals surface area contributed by atoms with Crippen molar-refractivity contribution in [3.05, 3.63) is 35.4 Å². The van der Waals surface area contributed by atoms with Crippen LogP contribution in [0, 0.1) is 6.92 Å². The number of hydrogen-bond acceptors (Lipinski definition) is 6. The van der Waals surface area contributed by atoms with Gasteiger partial charge in [-0.1, -0.05) is 29.8 Å². The second-order valence-corrected chi connectivity index (χ2v) is 7.10. The minimum absolute atomic E-state index is 0.0352. The summed E-state index contributed by atoms with van der Waals surface area (Å²) in [6.07, 6.45) is 2.56. The van der Waals surface area contributed by atoms with Crippen molar-refractivity contribution >= 4 is 18.5 Å². The SMILES string of the molecule is Cc1ccc(CC2CN(CC=O)CCN(CC(=O)O)CCN2CC=O)cc1. The largest absolute Gasteiger partial charge is 0.480 e. The van der Waals surface area contributed by atoms with Crippen LogP contribution < -0.4 is 0 Å². The molecule has 0 aliphatic carbocycles. The van der Waals surface area contributed by atoms with Gasteiger partial charge >= 0.3 is 5.97 Å². The molecule has 1 aromatic carbocycles. The van der Waals surface area contributed by atoms with E-state index < -0.39 is 5.97 Å². The Morgan fingerprint density at radius 3 is 2.30 bits per heavy atom. The number of hydrogen-bond donors (Lipinski definition) is 1. The number of rotatable bonds is 8. The van der Waals surface area contributed by atoms with Gasteiger partial charge in [0.2, 0.25) is 0 Å². The van der Waals surface area contributed by atoms with E-state index in [-0.39, 0.29) is 12.6 Å². The summed E-state index contributed by atoms with van der Waals surface area (Å²) in [7, 11) is 0. The molecule has 27 heavy (non-hydrogen) atoms. The molecule has 1 unspecified atom stereocenters. The third-order valence-electron chi connectivity index (χ3n) is 5.01. The first-order chi connectivity index (χ1) is 13.0. The molecule has 1 saturated heterocycles. The summed E-state index contributed by atoms with van der Waals surface area (Å²) in [6.45, 7) is 5.71. The molecule has 1 atom stereocenters. The van der Waals surface area contributed by atoms with Crippen molar-refractivity contribution in [3.8, 4) is 0 Å². The van der Waals surface area contributed by atoms with Crippen molar-refractivity contribution in [1.29, 1.82) is 0 Å². The van der Waals surface area contributed by atoms with E-state index in [2.05, 4.69) is 29.2 Å². The van der Waals surface area contributed by atoms with Gasteiger partial charge in [-0.05, 0) is 18.9 Å². The first-order valence-electron chi connectivity index (χ1n) is 9.35. The molecule has 0 bridgehead atoms. The van der Waals surface area contributed by atoms with Crippen LogP contribution in [-0.2, 0) is 20.8 Å². The number of carbonyl (C=O) groups excluding carboxylic acids is 2. The topological polar surface area (TPSA) is 81.2 Å². The fourth-order valence-corrected chi connectivity index (χ4v) is 3.50. The van der Waals surface area contributed by atoms with Crippen LogP contribution in [0.2, 0.25) is 0 Å². The Bertz CT molecular complexity index is 620. The Kier molecular flexibility index (Phi) is 8.57. The molecule has 7 nitrogen and oxygen atoms in total. The fourth-order valence-electron chi connectivity index (χ4n) is 3.50. The van der Waals surface area contributed by atoms with Crippen molar-refractivity contribution < 1.29 is 19.5 Å². The zero-order valence-corrected chi connectivity index (χ0v) is 15.9. The quantitative estimate of drug-likeness (QED) is 0.655. The van der Waals surface area contributed by atoms with Gasteiger partial charge in [-0.15, -0.1) is 0 Å². The van der Waals surface area contributed by atoms with Crippen LogP contribution in [0.4, 0.5) is 0 Å². The molecule has 1 heterocycles. The van der Waals surface area contributed by atoms with E-state index in [9.17, 15) is 14.4 Å². The number of aryl methyl sites for hydroxylation is 1. The van der Waals surface area contributed by atoms with Crippen LogP contribution in [0.25, 0.3) is 0 Å². The van der Waals surface area contributed by atoms with Gasteiger partial charge in [0.1, 0.15) is 12.6 Å². The normalized spacial score (nSPS) is 20.4. The third kappa shape index (κ3) is 7.21. The van der Waals surface area contributed by atoms with E-state index in [0.29, 0.717) is 45.8 Å². The van der Waals surface area contributed by atoms with Crippen LogP contribution in [0.5, 0.6) is 0 Å². The Hall–Kier alpha value is -2.09. The molecule has 1 fully saturated rings. The van der Waals surface area contributed by atoms with Crippen molar-refractivity contribution in [2.75, 3.05) is 52.4 Å². The number of aliphatic carboxylic acids is 1. The van der Waals surface area contributed by atoms with Crippen LogP contribution in [-0.4, -0.2) is 96.7 Å². The molecule has 7 heteroatoms. The van der Waals surface area contributed by atoms with E-state index in [1.807, 2.05) is 16.7 Å². The highest BCUT2D eigenvalue weighted by Gasteiger charge is 2.25. The van der Waals surface area contributed by atoms with Gasteiger partial charge in [-0.3, -0.25) is 19.5 Å². The summed E-state index contributed by atoms with van der Waals surface area (Å²) in [6, 6.07) is 8.44. The Balaban J connectivity index is 2.20. The van der Waals surface area contributed by atoms with E-state index in [0.717, 1.165) is 19.0 Å². The highest BCUT2D eigenvalue weighted by atomic mass is 16.4. The second-order valence-electron chi connectivity index (χ2n) is 7.10. The smallest absolute Gasteiger partial charge is 0.317 e. The maximum atomic E-state index is 11.2. The number of aldehydes is 2. The van der Waals surface area contributed by atoms with Crippen LogP contribution in [0.1, 0.15) is 11.1 Å². The zero-order chi connectivity index (χ0) is 19.6. The maximum Gasteiger partial charge on any atom is 0.317 e. The van der Waals surface area contributed by atoms with Gasteiger partial charge in [0, 0.05) is 38.8 Å². The lowest BCUT2D eigenvalue weighted by molar-refractivity contribution is -0.138. The molecule has 148 valence electrons. The van der Waals surface area contributed by atoms with E-state index in [1.54, 1.807) is 0 Å². The van der Waals surface area contributed by atoms with Gasteiger partial charge < -0.3 is 14.7 Å². The molecule has 1 aromatic rings. The summed E-state index contributed by atoms with van der Waals surface area (Å²) >= 11 is 0. The van der Waals surface area contributed by atoms with Crippen LogP contribution in [0.3, 0.4) is 0 Å².